The monoisotopic (exact) mass is 122 g/mol. The Bertz CT molecular complexity index is 31.2. The van der Waals surface area contributed by atoms with Crippen LogP contribution in [0, 0.1) is 0 Å². The van der Waals surface area contributed by atoms with Gasteiger partial charge in [0.25, 0.3) is 0 Å². The summed E-state index contributed by atoms with van der Waals surface area (Å²) >= 11 is 3.89. The third-order valence-corrected chi connectivity index (χ3v) is 1.15. The largest absolute Gasteiger partial charge is 0.394 e. The van der Waals surface area contributed by atoms with Crippen molar-refractivity contribution in [2.45, 2.75) is 6.10 Å². The van der Waals surface area contributed by atoms with Crippen molar-refractivity contribution in [1.29, 1.82) is 0 Å². The Labute approximate surface area is 48.9 Å². The first-order chi connectivity index (χ1) is 3.35. The molecule has 1 N–H and O–H groups in total. The normalized spacial score (nSPS) is 14.1. The maximum atomic E-state index is 8.35. The fourth-order valence-corrected chi connectivity index (χ4v) is 0.471. The van der Waals surface area contributed by atoms with E-state index in [1.807, 2.05) is 0 Å². The second-order valence-corrected chi connectivity index (χ2v) is 1.59. The summed E-state index contributed by atoms with van der Waals surface area (Å²) in [6, 6.07) is 0. The van der Waals surface area contributed by atoms with Crippen molar-refractivity contribution in [3.05, 3.63) is 0 Å². The van der Waals surface area contributed by atoms with Gasteiger partial charge in [-0.2, -0.15) is 12.6 Å². The molecule has 0 fully saturated rings. The molecule has 0 rings (SSSR count). The molecule has 2 nitrogen and oxygen atoms in total. The van der Waals surface area contributed by atoms with E-state index in [-0.39, 0.29) is 12.7 Å². The molecule has 0 aliphatic carbocycles. The number of ether oxygens (including phenoxy) is 1. The van der Waals surface area contributed by atoms with Gasteiger partial charge in [-0.1, -0.05) is 0 Å². The first-order valence-electron chi connectivity index (χ1n) is 2.09. The lowest BCUT2D eigenvalue weighted by Gasteiger charge is -2.05. The van der Waals surface area contributed by atoms with Gasteiger partial charge in [-0.15, -0.1) is 0 Å². The SMILES string of the molecule is CO[C@H](CO)CS. The smallest absolute Gasteiger partial charge is 0.0889 e. The molecule has 0 aliphatic heterocycles. The molecule has 0 spiro atoms. The number of rotatable bonds is 3. The van der Waals surface area contributed by atoms with Crippen molar-refractivity contribution in [1.82, 2.24) is 0 Å². The second kappa shape index (κ2) is 4.43. The molecule has 3 heteroatoms. The summed E-state index contributed by atoms with van der Waals surface area (Å²) < 4.78 is 4.72. The standard InChI is InChI=1S/C4H10O2S/c1-6-4(2-5)3-7/h4-5,7H,2-3H2,1H3/t4-/m1/s1. The van der Waals surface area contributed by atoms with E-state index >= 15 is 0 Å². The van der Waals surface area contributed by atoms with Crippen LogP contribution in [0.3, 0.4) is 0 Å². The van der Waals surface area contributed by atoms with Crippen LogP contribution in [0.25, 0.3) is 0 Å². The van der Waals surface area contributed by atoms with Crippen LogP contribution in [0.15, 0.2) is 0 Å². The molecule has 0 saturated carbocycles. The van der Waals surface area contributed by atoms with Crippen LogP contribution in [0.2, 0.25) is 0 Å². The first kappa shape index (κ1) is 7.27. The van der Waals surface area contributed by atoms with Crippen molar-refractivity contribution >= 4 is 12.6 Å². The van der Waals surface area contributed by atoms with Gasteiger partial charge in [-0.3, -0.25) is 0 Å². The van der Waals surface area contributed by atoms with Gasteiger partial charge < -0.3 is 9.84 Å². The maximum Gasteiger partial charge on any atom is 0.0889 e. The summed E-state index contributed by atoms with van der Waals surface area (Å²) in [5.74, 6) is 0.576. The highest BCUT2D eigenvalue weighted by Gasteiger charge is 1.98. The van der Waals surface area contributed by atoms with E-state index in [1.165, 1.54) is 0 Å². The van der Waals surface area contributed by atoms with E-state index in [0.29, 0.717) is 5.75 Å². The van der Waals surface area contributed by atoms with E-state index < -0.39 is 0 Å². The molecule has 0 aromatic rings. The average Bonchev–Trinajstić information content (AvgIpc) is 1.72. The second-order valence-electron chi connectivity index (χ2n) is 1.22. The van der Waals surface area contributed by atoms with E-state index in [0.717, 1.165) is 0 Å². The summed E-state index contributed by atoms with van der Waals surface area (Å²) in [5, 5.41) is 8.35. The molecule has 0 bridgehead atoms. The maximum absolute atomic E-state index is 8.35. The highest BCUT2D eigenvalue weighted by atomic mass is 32.1. The molecule has 0 saturated heterocycles. The van der Waals surface area contributed by atoms with Crippen molar-refractivity contribution in [3.8, 4) is 0 Å². The fraction of sp³-hybridized carbons (Fsp3) is 1.00. The summed E-state index contributed by atoms with van der Waals surface area (Å²) in [4.78, 5) is 0. The van der Waals surface area contributed by atoms with Gasteiger partial charge in [0, 0.05) is 12.9 Å². The number of hydrogen-bond donors (Lipinski definition) is 2. The highest BCUT2D eigenvalue weighted by Crippen LogP contribution is 1.88. The Morgan fingerprint density at radius 3 is 2.43 bits per heavy atom. The summed E-state index contributed by atoms with van der Waals surface area (Å²) in [6.07, 6.45) is -0.0941. The Balaban J connectivity index is 2.99. The molecule has 0 unspecified atom stereocenters. The van der Waals surface area contributed by atoms with Gasteiger partial charge in [-0.05, 0) is 0 Å². The molecule has 0 heterocycles. The minimum absolute atomic E-state index is 0.0556. The van der Waals surface area contributed by atoms with E-state index in [9.17, 15) is 0 Å². The number of aliphatic hydroxyl groups is 1. The molecule has 1 atom stereocenters. The van der Waals surface area contributed by atoms with Crippen LogP contribution in [0.5, 0.6) is 0 Å². The lowest BCUT2D eigenvalue weighted by Crippen LogP contribution is -2.16. The molecule has 0 aromatic heterocycles. The predicted octanol–water partition coefficient (Wildman–Crippen LogP) is -0.0765. The van der Waals surface area contributed by atoms with Crippen LogP contribution in [0.1, 0.15) is 0 Å². The third-order valence-electron chi connectivity index (χ3n) is 0.741. The number of thiol groups is 1. The van der Waals surface area contributed by atoms with Gasteiger partial charge in [0.1, 0.15) is 0 Å². The fourth-order valence-electron chi connectivity index (χ4n) is 0.207. The highest BCUT2D eigenvalue weighted by molar-refractivity contribution is 7.80. The van der Waals surface area contributed by atoms with Gasteiger partial charge in [0.2, 0.25) is 0 Å². The van der Waals surface area contributed by atoms with Crippen LogP contribution < -0.4 is 0 Å². The molecular formula is C4H10O2S. The van der Waals surface area contributed by atoms with E-state index in [4.69, 9.17) is 9.84 Å². The van der Waals surface area contributed by atoms with Crippen LogP contribution >= 0.6 is 12.6 Å². The number of aliphatic hydroxyl groups excluding tert-OH is 1. The quantitative estimate of drug-likeness (QED) is 0.513. The van der Waals surface area contributed by atoms with Gasteiger partial charge in [0.05, 0.1) is 12.7 Å². The Kier molecular flexibility index (Phi) is 4.60. The Morgan fingerprint density at radius 2 is 2.43 bits per heavy atom. The third kappa shape index (κ3) is 2.91. The minimum Gasteiger partial charge on any atom is -0.394 e. The lowest BCUT2D eigenvalue weighted by atomic mass is 10.4. The topological polar surface area (TPSA) is 29.5 Å². The van der Waals surface area contributed by atoms with Crippen LogP contribution in [-0.2, 0) is 4.74 Å². The predicted molar refractivity (Wildman–Crippen MR) is 31.7 cm³/mol. The lowest BCUT2D eigenvalue weighted by molar-refractivity contribution is 0.0659. The summed E-state index contributed by atoms with van der Waals surface area (Å²) in [5.41, 5.74) is 0. The van der Waals surface area contributed by atoms with Crippen molar-refractivity contribution < 1.29 is 9.84 Å². The zero-order chi connectivity index (χ0) is 5.70. The van der Waals surface area contributed by atoms with Crippen molar-refractivity contribution in [2.75, 3.05) is 19.5 Å². The zero-order valence-corrected chi connectivity index (χ0v) is 5.19. The summed E-state index contributed by atoms with van der Waals surface area (Å²) in [6.45, 7) is 0.0556. The van der Waals surface area contributed by atoms with E-state index in [2.05, 4.69) is 12.6 Å². The van der Waals surface area contributed by atoms with Crippen molar-refractivity contribution in [2.24, 2.45) is 0 Å². The number of hydrogen-bond acceptors (Lipinski definition) is 3. The number of methoxy groups -OCH3 is 1. The summed E-state index contributed by atoms with van der Waals surface area (Å²) in [7, 11) is 1.55. The Morgan fingerprint density at radius 1 is 1.86 bits per heavy atom. The van der Waals surface area contributed by atoms with E-state index in [1.54, 1.807) is 7.11 Å². The minimum atomic E-state index is -0.0941. The van der Waals surface area contributed by atoms with Crippen molar-refractivity contribution in [3.63, 3.8) is 0 Å². The molecule has 0 amide bonds. The first-order valence-corrected chi connectivity index (χ1v) is 2.73. The van der Waals surface area contributed by atoms with Crippen LogP contribution in [-0.4, -0.2) is 30.7 Å². The average molecular weight is 122 g/mol. The van der Waals surface area contributed by atoms with Crippen LogP contribution in [0.4, 0.5) is 0 Å². The molecule has 7 heavy (non-hydrogen) atoms. The zero-order valence-electron chi connectivity index (χ0n) is 4.29. The molecule has 0 aliphatic rings. The van der Waals surface area contributed by atoms with Gasteiger partial charge in [0.15, 0.2) is 0 Å². The Hall–Kier alpha value is 0.270. The molecule has 0 aromatic carbocycles. The molecule has 0 radical (unpaired) electrons. The van der Waals surface area contributed by atoms with Gasteiger partial charge in [-0.25, -0.2) is 0 Å². The molecule has 44 valence electrons. The molecular weight excluding hydrogens is 112 g/mol. The van der Waals surface area contributed by atoms with Gasteiger partial charge >= 0.3 is 0 Å².